The standard InChI is InChI=1S/C12H10BrF2NO/c1-3-11(15)10(8(2)14)7-17-12-5-4-9(13)6-16-12/h3-6H,1-2,7H2/b11-10+. The number of aromatic nitrogens is 1. The van der Waals surface area contributed by atoms with Crippen molar-refractivity contribution in [2.75, 3.05) is 6.61 Å². The molecule has 0 aliphatic heterocycles. The molecule has 0 atom stereocenters. The number of hydrogen-bond donors (Lipinski definition) is 0. The number of allylic oxidation sites excluding steroid dienone is 2. The minimum Gasteiger partial charge on any atom is -0.473 e. The third-order valence-corrected chi connectivity index (χ3v) is 2.33. The summed E-state index contributed by atoms with van der Waals surface area (Å²) in [6.07, 6.45) is 2.42. The van der Waals surface area contributed by atoms with Crippen LogP contribution in [0.15, 0.2) is 59.3 Å². The van der Waals surface area contributed by atoms with Crippen molar-refractivity contribution in [3.05, 3.63) is 59.3 Å². The largest absolute Gasteiger partial charge is 0.473 e. The van der Waals surface area contributed by atoms with Gasteiger partial charge in [-0.15, -0.1) is 0 Å². The monoisotopic (exact) mass is 301 g/mol. The van der Waals surface area contributed by atoms with E-state index in [1.54, 1.807) is 12.1 Å². The van der Waals surface area contributed by atoms with E-state index in [-0.39, 0.29) is 18.1 Å². The van der Waals surface area contributed by atoms with Crippen molar-refractivity contribution in [2.24, 2.45) is 0 Å². The lowest BCUT2D eigenvalue weighted by Crippen LogP contribution is -2.04. The first-order valence-corrected chi connectivity index (χ1v) is 5.44. The fourth-order valence-corrected chi connectivity index (χ4v) is 1.23. The lowest BCUT2D eigenvalue weighted by Gasteiger charge is -2.07. The topological polar surface area (TPSA) is 22.1 Å². The van der Waals surface area contributed by atoms with Crippen LogP contribution in [0.2, 0.25) is 0 Å². The highest BCUT2D eigenvalue weighted by Gasteiger charge is 2.09. The molecule has 0 saturated carbocycles. The Hall–Kier alpha value is -1.49. The van der Waals surface area contributed by atoms with Crippen LogP contribution in [-0.4, -0.2) is 11.6 Å². The minimum absolute atomic E-state index is 0.267. The zero-order valence-electron chi connectivity index (χ0n) is 8.92. The maximum absolute atomic E-state index is 13.2. The molecule has 1 aromatic heterocycles. The van der Waals surface area contributed by atoms with E-state index < -0.39 is 11.7 Å². The van der Waals surface area contributed by atoms with E-state index in [1.807, 2.05) is 0 Å². The summed E-state index contributed by atoms with van der Waals surface area (Å²) in [5, 5.41) is 0. The van der Waals surface area contributed by atoms with Gasteiger partial charge in [-0.3, -0.25) is 0 Å². The van der Waals surface area contributed by atoms with Gasteiger partial charge in [-0.2, -0.15) is 0 Å². The fourth-order valence-electron chi connectivity index (χ4n) is 0.994. The Morgan fingerprint density at radius 1 is 1.47 bits per heavy atom. The maximum atomic E-state index is 13.2. The second kappa shape index (κ2) is 6.30. The van der Waals surface area contributed by atoms with Gasteiger partial charge in [0, 0.05) is 16.7 Å². The van der Waals surface area contributed by atoms with Crippen LogP contribution in [0.3, 0.4) is 0 Å². The van der Waals surface area contributed by atoms with Crippen LogP contribution in [0.4, 0.5) is 8.78 Å². The molecule has 1 heterocycles. The average Bonchev–Trinajstić information content (AvgIpc) is 2.31. The van der Waals surface area contributed by atoms with Gasteiger partial charge in [0.25, 0.3) is 0 Å². The summed E-state index contributed by atoms with van der Waals surface area (Å²) < 4.78 is 32.0. The third kappa shape index (κ3) is 4.11. The summed E-state index contributed by atoms with van der Waals surface area (Å²) in [6, 6.07) is 3.29. The van der Waals surface area contributed by atoms with Crippen molar-refractivity contribution >= 4 is 15.9 Å². The van der Waals surface area contributed by atoms with E-state index >= 15 is 0 Å². The first-order chi connectivity index (χ1) is 8.04. The molecule has 0 amide bonds. The van der Waals surface area contributed by atoms with E-state index in [4.69, 9.17) is 4.74 Å². The SMILES string of the molecule is C=C/C(F)=C(/COc1ccc(Br)cn1)C(=C)F. The van der Waals surface area contributed by atoms with Crippen LogP contribution in [0.5, 0.6) is 5.88 Å². The summed E-state index contributed by atoms with van der Waals surface area (Å²) in [5.74, 6) is -1.42. The molecule has 5 heteroatoms. The van der Waals surface area contributed by atoms with Crippen molar-refractivity contribution in [3.8, 4) is 5.88 Å². The van der Waals surface area contributed by atoms with Gasteiger partial charge in [0.15, 0.2) is 0 Å². The quantitative estimate of drug-likeness (QED) is 0.763. The van der Waals surface area contributed by atoms with Crippen LogP contribution in [0, 0.1) is 0 Å². The van der Waals surface area contributed by atoms with Gasteiger partial charge < -0.3 is 4.74 Å². The molecule has 0 radical (unpaired) electrons. The Morgan fingerprint density at radius 2 is 2.18 bits per heavy atom. The molecular weight excluding hydrogens is 292 g/mol. The van der Waals surface area contributed by atoms with E-state index in [2.05, 4.69) is 34.1 Å². The predicted octanol–water partition coefficient (Wildman–Crippen LogP) is 4.12. The summed E-state index contributed by atoms with van der Waals surface area (Å²) in [4.78, 5) is 3.90. The Labute approximate surface area is 106 Å². The first kappa shape index (κ1) is 13.6. The highest BCUT2D eigenvalue weighted by atomic mass is 79.9. The van der Waals surface area contributed by atoms with Crippen LogP contribution in [-0.2, 0) is 0 Å². The number of halogens is 3. The van der Waals surface area contributed by atoms with Crippen molar-refractivity contribution in [2.45, 2.75) is 0 Å². The van der Waals surface area contributed by atoms with E-state index in [0.717, 1.165) is 10.5 Å². The molecule has 0 spiro atoms. The predicted molar refractivity (Wildman–Crippen MR) is 66.0 cm³/mol. The average molecular weight is 302 g/mol. The lowest BCUT2D eigenvalue weighted by atomic mass is 10.2. The van der Waals surface area contributed by atoms with Crippen molar-refractivity contribution in [1.82, 2.24) is 4.98 Å². The van der Waals surface area contributed by atoms with Gasteiger partial charge in [0.2, 0.25) is 5.88 Å². The molecule has 0 unspecified atom stereocenters. The zero-order chi connectivity index (χ0) is 12.8. The van der Waals surface area contributed by atoms with Gasteiger partial charge >= 0.3 is 0 Å². The normalized spacial score (nSPS) is 11.7. The second-order valence-corrected chi connectivity index (χ2v) is 3.95. The molecule has 0 aliphatic carbocycles. The minimum atomic E-state index is -0.889. The van der Waals surface area contributed by atoms with Crippen molar-refractivity contribution < 1.29 is 13.5 Å². The van der Waals surface area contributed by atoms with Gasteiger partial charge in [0.1, 0.15) is 18.3 Å². The molecule has 2 nitrogen and oxygen atoms in total. The summed E-state index contributed by atoms with van der Waals surface area (Å²) in [7, 11) is 0. The van der Waals surface area contributed by atoms with Crippen molar-refractivity contribution in [3.63, 3.8) is 0 Å². The highest BCUT2D eigenvalue weighted by molar-refractivity contribution is 9.10. The van der Waals surface area contributed by atoms with Gasteiger partial charge in [0.05, 0.1) is 5.57 Å². The summed E-state index contributed by atoms with van der Waals surface area (Å²) >= 11 is 3.21. The molecular formula is C12H10BrF2NO. The van der Waals surface area contributed by atoms with Crippen molar-refractivity contribution in [1.29, 1.82) is 0 Å². The van der Waals surface area contributed by atoms with E-state index in [0.29, 0.717) is 0 Å². The molecule has 17 heavy (non-hydrogen) atoms. The van der Waals surface area contributed by atoms with E-state index in [1.165, 1.54) is 6.20 Å². The maximum Gasteiger partial charge on any atom is 0.213 e. The first-order valence-electron chi connectivity index (χ1n) is 4.64. The van der Waals surface area contributed by atoms with Gasteiger partial charge in [-0.05, 0) is 28.1 Å². The Kier molecular flexibility index (Phi) is 5.03. The number of pyridine rings is 1. The Morgan fingerprint density at radius 3 is 2.65 bits per heavy atom. The summed E-state index contributed by atoms with van der Waals surface area (Å²) in [6.45, 7) is 5.95. The molecule has 0 saturated heterocycles. The lowest BCUT2D eigenvalue weighted by molar-refractivity contribution is 0.331. The zero-order valence-corrected chi connectivity index (χ0v) is 10.5. The van der Waals surface area contributed by atoms with Gasteiger partial charge in [-0.25, -0.2) is 13.8 Å². The van der Waals surface area contributed by atoms with Crippen LogP contribution >= 0.6 is 15.9 Å². The number of rotatable bonds is 5. The van der Waals surface area contributed by atoms with E-state index in [9.17, 15) is 8.78 Å². The van der Waals surface area contributed by atoms with Gasteiger partial charge in [-0.1, -0.05) is 13.2 Å². The fraction of sp³-hybridized carbons (Fsp3) is 0.0833. The van der Waals surface area contributed by atoms with Crippen LogP contribution in [0.25, 0.3) is 0 Å². The molecule has 1 aromatic rings. The molecule has 0 N–H and O–H groups in total. The smallest absolute Gasteiger partial charge is 0.213 e. The Balaban J connectivity index is 2.75. The van der Waals surface area contributed by atoms with Crippen LogP contribution < -0.4 is 4.74 Å². The second-order valence-electron chi connectivity index (χ2n) is 3.04. The Bertz CT molecular complexity index is 454. The molecule has 0 bridgehead atoms. The molecule has 0 fully saturated rings. The molecule has 0 aliphatic rings. The summed E-state index contributed by atoms with van der Waals surface area (Å²) in [5.41, 5.74) is -0.273. The highest BCUT2D eigenvalue weighted by Crippen LogP contribution is 2.19. The number of hydrogen-bond acceptors (Lipinski definition) is 2. The molecule has 90 valence electrons. The number of nitrogens with zero attached hydrogens (tertiary/aromatic N) is 1. The van der Waals surface area contributed by atoms with Crippen LogP contribution in [0.1, 0.15) is 0 Å². The number of ether oxygens (including phenoxy) is 1. The molecule has 0 aromatic carbocycles. The molecule has 1 rings (SSSR count). The third-order valence-electron chi connectivity index (χ3n) is 1.86.